The number of hydrogen-bond acceptors (Lipinski definition) is 8. The molecule has 2 heterocycles. The van der Waals surface area contributed by atoms with Gasteiger partial charge in [0.05, 0.1) is 43.4 Å². The zero-order valence-electron chi connectivity index (χ0n) is 30.2. The monoisotopic (exact) mass is 796 g/mol. The molecule has 0 aliphatic heterocycles. The Labute approximate surface area is 331 Å². The molecule has 0 saturated heterocycles. The molecule has 6 nitrogen and oxygen atoms in total. The van der Waals surface area contributed by atoms with Gasteiger partial charge in [0.1, 0.15) is 27.9 Å². The van der Waals surface area contributed by atoms with Crippen LogP contribution in [-0.2, 0) is 14.3 Å². The number of fused-ring (bicyclic) bond motifs is 2. The number of methoxy groups -OCH3 is 4. The molecule has 4 aromatic rings. The number of rotatable bonds is 5. The molecule has 8 aliphatic rings. The van der Waals surface area contributed by atoms with E-state index in [0.29, 0.717) is 38.3 Å². The van der Waals surface area contributed by atoms with Gasteiger partial charge in [-0.05, 0) is 142 Å². The number of benzene rings is 2. The Bertz CT molecular complexity index is 1980. The number of carbonyl (C=O) groups excluding carboxylic acids is 2. The second-order valence-electron chi connectivity index (χ2n) is 15.7. The molecule has 10 heteroatoms. The first kappa shape index (κ1) is 38.5. The Morgan fingerprint density at radius 2 is 1.02 bits per heavy atom. The minimum atomic E-state index is -0.351. The number of ether oxygens (including phenoxy) is 4. The Morgan fingerprint density at radius 3 is 1.43 bits per heavy atom. The standard InChI is InChI=1S/C21H23ClO2S.C11H9ClO3S.C10H14O.CH4/c1-23-16-3-4-17-15(20(16)22)10-18(25-17)21(24-2)19-13-6-11-5-12(8-13)9-14(19)7-11;1-14-7-3-4-8-6(10(7)12)5-9(16-8)11(13)15-2;11-10-8-2-6-1-7(4-8)5-9(10)3-6;/h3-4,10-14H,5-9H2,1-2H3;3-5H,1-2H3;6-9H,1-5H2;1H4. The smallest absolute Gasteiger partial charge is 0.348 e. The van der Waals surface area contributed by atoms with Gasteiger partial charge in [-0.25, -0.2) is 4.79 Å². The maximum Gasteiger partial charge on any atom is 0.348 e. The molecule has 8 fully saturated rings. The topological polar surface area (TPSA) is 71.1 Å². The molecule has 2 aromatic heterocycles. The van der Waals surface area contributed by atoms with E-state index in [1.165, 1.54) is 92.2 Å². The number of esters is 1. The van der Waals surface area contributed by atoms with E-state index < -0.39 is 0 Å². The fraction of sp³-hybridized carbons (Fsp3) is 0.535. The third kappa shape index (κ3) is 7.23. The van der Waals surface area contributed by atoms with Crippen molar-refractivity contribution in [2.24, 2.45) is 47.3 Å². The van der Waals surface area contributed by atoms with Gasteiger partial charge in [0, 0.05) is 32.0 Å². The van der Waals surface area contributed by atoms with E-state index in [2.05, 4.69) is 16.9 Å². The quantitative estimate of drug-likeness (QED) is 0.148. The molecule has 0 atom stereocenters. The van der Waals surface area contributed by atoms with Crippen molar-refractivity contribution in [3.63, 3.8) is 0 Å². The lowest BCUT2D eigenvalue weighted by Gasteiger charge is -2.51. The van der Waals surface area contributed by atoms with Crippen molar-refractivity contribution in [3.05, 3.63) is 61.8 Å². The summed E-state index contributed by atoms with van der Waals surface area (Å²) in [5.74, 6) is 9.03. The van der Waals surface area contributed by atoms with Gasteiger partial charge in [-0.3, -0.25) is 4.79 Å². The van der Waals surface area contributed by atoms with Crippen LogP contribution >= 0.6 is 45.9 Å². The average molecular weight is 798 g/mol. The van der Waals surface area contributed by atoms with Crippen LogP contribution in [0.1, 0.15) is 86.2 Å². The fourth-order valence-corrected chi connectivity index (χ4v) is 13.6. The fourth-order valence-electron chi connectivity index (χ4n) is 10.8. The zero-order valence-corrected chi connectivity index (χ0v) is 33.3. The number of allylic oxidation sites excluding steroid dienone is 1. The number of ketones is 1. The average Bonchev–Trinajstić information content (AvgIpc) is 3.78. The molecule has 0 unspecified atom stereocenters. The predicted octanol–water partition coefficient (Wildman–Crippen LogP) is 12.4. The lowest BCUT2D eigenvalue weighted by Crippen LogP contribution is -2.45. The summed E-state index contributed by atoms with van der Waals surface area (Å²) in [6, 6.07) is 11.6. The van der Waals surface area contributed by atoms with Crippen LogP contribution < -0.4 is 9.47 Å². The molecule has 2 aromatic carbocycles. The third-order valence-corrected chi connectivity index (χ3v) is 15.6. The molecule has 0 amide bonds. The summed E-state index contributed by atoms with van der Waals surface area (Å²) in [7, 11) is 6.41. The van der Waals surface area contributed by atoms with Crippen LogP contribution in [0.5, 0.6) is 11.5 Å². The SMILES string of the molecule is C.COC(=C1C2CC3CC(C2)CC1C3)c1cc2c(Cl)c(OC)ccc2s1.COC(=O)c1cc2c(Cl)c(OC)ccc2s1.O=C1C2CC3CC(C2)CC1C3. The lowest BCUT2D eigenvalue weighted by molar-refractivity contribution is -0.139. The molecule has 8 saturated carbocycles. The first-order chi connectivity index (χ1) is 25.2. The van der Waals surface area contributed by atoms with Crippen LogP contribution in [0.15, 0.2) is 42.0 Å². The van der Waals surface area contributed by atoms with Crippen LogP contribution in [0.4, 0.5) is 0 Å². The highest BCUT2D eigenvalue weighted by Crippen LogP contribution is 2.58. The van der Waals surface area contributed by atoms with Crippen LogP contribution in [0, 0.1) is 47.3 Å². The molecule has 0 N–H and O–H groups in total. The number of hydrogen-bond donors (Lipinski definition) is 0. The predicted molar refractivity (Wildman–Crippen MR) is 218 cm³/mol. The molecule has 284 valence electrons. The van der Waals surface area contributed by atoms with Crippen LogP contribution in [0.3, 0.4) is 0 Å². The second-order valence-corrected chi connectivity index (χ2v) is 18.6. The van der Waals surface area contributed by atoms with E-state index in [1.54, 1.807) is 43.3 Å². The van der Waals surface area contributed by atoms with Crippen molar-refractivity contribution in [1.29, 1.82) is 0 Å². The van der Waals surface area contributed by atoms with Gasteiger partial charge < -0.3 is 18.9 Å². The molecule has 0 spiro atoms. The Kier molecular flexibility index (Phi) is 11.4. The van der Waals surface area contributed by atoms with E-state index in [4.69, 9.17) is 37.4 Å². The minimum Gasteiger partial charge on any atom is -0.495 e. The largest absolute Gasteiger partial charge is 0.495 e. The van der Waals surface area contributed by atoms with Gasteiger partial charge in [-0.2, -0.15) is 0 Å². The van der Waals surface area contributed by atoms with Crippen molar-refractivity contribution in [2.45, 2.75) is 71.6 Å². The molecular formula is C43H50Cl2O6S2. The minimum absolute atomic E-state index is 0. The summed E-state index contributed by atoms with van der Waals surface area (Å²) in [5, 5.41) is 3.10. The highest BCUT2D eigenvalue weighted by atomic mass is 35.5. The Balaban J connectivity index is 0.000000133. The molecule has 12 rings (SSSR count). The molecule has 8 bridgehead atoms. The number of carbonyl (C=O) groups is 2. The van der Waals surface area contributed by atoms with Gasteiger partial charge >= 0.3 is 5.97 Å². The van der Waals surface area contributed by atoms with Crippen molar-refractivity contribution in [1.82, 2.24) is 0 Å². The highest BCUT2D eigenvalue weighted by molar-refractivity contribution is 7.21. The molecule has 53 heavy (non-hydrogen) atoms. The normalized spacial score (nSPS) is 28.5. The molecule has 0 radical (unpaired) electrons. The van der Waals surface area contributed by atoms with Crippen molar-refractivity contribution < 1.29 is 28.5 Å². The van der Waals surface area contributed by atoms with Gasteiger partial charge in [-0.15, -0.1) is 22.7 Å². The number of thiophene rings is 2. The van der Waals surface area contributed by atoms with Crippen molar-refractivity contribution in [3.8, 4) is 11.5 Å². The van der Waals surface area contributed by atoms with Crippen LogP contribution in [-0.4, -0.2) is 40.2 Å². The summed E-state index contributed by atoms with van der Waals surface area (Å²) in [5.41, 5.74) is 1.60. The summed E-state index contributed by atoms with van der Waals surface area (Å²) < 4.78 is 23.3. The summed E-state index contributed by atoms with van der Waals surface area (Å²) in [4.78, 5) is 24.7. The lowest BCUT2D eigenvalue weighted by atomic mass is 9.54. The molecule has 8 aliphatic carbocycles. The van der Waals surface area contributed by atoms with Gasteiger partial charge in [0.2, 0.25) is 0 Å². The van der Waals surface area contributed by atoms with E-state index in [0.717, 1.165) is 62.5 Å². The van der Waals surface area contributed by atoms with E-state index >= 15 is 0 Å². The summed E-state index contributed by atoms with van der Waals surface area (Å²) >= 11 is 15.8. The first-order valence-corrected chi connectivity index (χ1v) is 21.0. The maximum absolute atomic E-state index is 11.6. The summed E-state index contributed by atoms with van der Waals surface area (Å²) in [6.45, 7) is 0. The van der Waals surface area contributed by atoms with Gasteiger partial charge in [-0.1, -0.05) is 30.6 Å². The van der Waals surface area contributed by atoms with Crippen molar-refractivity contribution >= 4 is 83.6 Å². The van der Waals surface area contributed by atoms with E-state index in [-0.39, 0.29) is 13.4 Å². The Hall–Kier alpha value is -2.78. The van der Waals surface area contributed by atoms with Gasteiger partial charge in [0.25, 0.3) is 0 Å². The van der Waals surface area contributed by atoms with Gasteiger partial charge in [0.15, 0.2) is 0 Å². The van der Waals surface area contributed by atoms with Crippen LogP contribution in [0.25, 0.3) is 25.9 Å². The van der Waals surface area contributed by atoms with Crippen LogP contribution in [0.2, 0.25) is 10.0 Å². The van der Waals surface area contributed by atoms with E-state index in [9.17, 15) is 9.59 Å². The van der Waals surface area contributed by atoms with E-state index in [1.807, 2.05) is 19.2 Å². The number of Topliss-reactive ketones (excluding diaryl/α,β-unsaturated/α-hetero) is 1. The maximum atomic E-state index is 11.6. The first-order valence-electron chi connectivity index (χ1n) is 18.6. The highest BCUT2D eigenvalue weighted by Gasteiger charge is 2.48. The third-order valence-electron chi connectivity index (χ3n) is 12.7. The number of halogens is 2. The zero-order chi connectivity index (χ0) is 36.3. The summed E-state index contributed by atoms with van der Waals surface area (Å²) in [6.07, 6.45) is 13.4. The van der Waals surface area contributed by atoms with Crippen molar-refractivity contribution in [2.75, 3.05) is 28.4 Å². The molecular weight excluding hydrogens is 748 g/mol. The Morgan fingerprint density at radius 1 is 0.604 bits per heavy atom. The second kappa shape index (κ2) is 15.8.